The van der Waals surface area contributed by atoms with E-state index in [9.17, 15) is 0 Å². The van der Waals surface area contributed by atoms with Gasteiger partial charge >= 0.3 is 263 Å². The van der Waals surface area contributed by atoms with E-state index in [0.29, 0.717) is 7.35 Å². The zero-order valence-corrected chi connectivity index (χ0v) is 32.0. The number of benzene rings is 4. The predicted octanol–water partition coefficient (Wildman–Crippen LogP) is 4.48. The van der Waals surface area contributed by atoms with Gasteiger partial charge in [-0.05, 0) is 0 Å². The normalized spacial score (nSPS) is 16.5. The number of rotatable bonds is 12. The summed E-state index contributed by atoms with van der Waals surface area (Å²) >= 11 is -1.30. The third-order valence-corrected chi connectivity index (χ3v) is 22.3. The summed E-state index contributed by atoms with van der Waals surface area (Å²) in [5.74, 6) is 0. The van der Waals surface area contributed by atoms with E-state index in [1.54, 1.807) is 16.4 Å². The number of halogens is 2. The Morgan fingerprint density at radius 2 is 0.953 bits per heavy atom. The van der Waals surface area contributed by atoms with Crippen molar-refractivity contribution in [1.82, 2.24) is 0 Å². The van der Waals surface area contributed by atoms with E-state index in [1.807, 2.05) is 5.31 Å². The topological polar surface area (TPSA) is 0 Å². The molecule has 0 aromatic heterocycles. The molecule has 0 saturated heterocycles. The molecular formula is C38H40Cl2HfP2. The van der Waals surface area contributed by atoms with Gasteiger partial charge in [-0.15, -0.1) is 0 Å². The number of hydrogen-bond donors (Lipinski definition) is 0. The molecule has 2 aliphatic rings. The van der Waals surface area contributed by atoms with Crippen LogP contribution in [0.3, 0.4) is 0 Å². The molecule has 0 N–H and O–H groups in total. The molecule has 0 heterocycles. The van der Waals surface area contributed by atoms with Crippen LogP contribution in [0.15, 0.2) is 120 Å². The average molecular weight is 808 g/mol. The summed E-state index contributed by atoms with van der Waals surface area (Å²) in [7, 11) is -0.646. The Bertz CT molecular complexity index is 1470. The molecule has 4 aromatic carbocycles. The molecule has 0 aliphatic heterocycles. The second kappa shape index (κ2) is 16.8. The Morgan fingerprint density at radius 1 is 0.535 bits per heavy atom. The number of hydrogen-bond acceptors (Lipinski definition) is 0. The molecule has 5 heteroatoms. The molecule has 0 radical (unpaired) electrons. The van der Waals surface area contributed by atoms with Crippen LogP contribution in [0.1, 0.15) is 69.1 Å². The van der Waals surface area contributed by atoms with Gasteiger partial charge in [0.25, 0.3) is 0 Å². The van der Waals surface area contributed by atoms with Gasteiger partial charge < -0.3 is 24.8 Å². The zero-order chi connectivity index (χ0) is 28.0. The summed E-state index contributed by atoms with van der Waals surface area (Å²) in [6, 6.07) is 41.5. The summed E-state index contributed by atoms with van der Waals surface area (Å²) in [4.78, 5) is 0. The van der Waals surface area contributed by atoms with Crippen LogP contribution < -0.4 is 35.4 Å². The van der Waals surface area contributed by atoms with E-state index in [2.05, 4.69) is 135 Å². The summed E-state index contributed by atoms with van der Waals surface area (Å²) in [6.07, 6.45) is 13.5. The Balaban J connectivity index is 0.00000212. The van der Waals surface area contributed by atoms with Crippen molar-refractivity contribution in [2.45, 2.75) is 46.9 Å². The van der Waals surface area contributed by atoms with Crippen molar-refractivity contribution in [3.05, 3.63) is 142 Å². The van der Waals surface area contributed by atoms with Crippen LogP contribution in [0, 0.1) is 0 Å². The van der Waals surface area contributed by atoms with Crippen molar-refractivity contribution in [3.8, 4) is 0 Å². The van der Waals surface area contributed by atoms with Crippen LogP contribution in [0.5, 0.6) is 0 Å². The monoisotopic (exact) mass is 808 g/mol. The number of allylic oxidation sites excluding steroid dienone is 2. The molecular weight excluding hydrogens is 768 g/mol. The molecule has 2 atom stereocenters. The summed E-state index contributed by atoms with van der Waals surface area (Å²) in [6.45, 7) is 4.73. The maximum atomic E-state index is 2.67. The van der Waals surface area contributed by atoms with Crippen molar-refractivity contribution in [1.29, 1.82) is 0 Å². The van der Waals surface area contributed by atoms with Crippen LogP contribution in [0.25, 0.3) is 12.2 Å². The van der Waals surface area contributed by atoms with Gasteiger partial charge in [-0.1, -0.05) is 0 Å². The van der Waals surface area contributed by atoms with Crippen LogP contribution in [-0.4, -0.2) is 12.3 Å². The quantitative estimate of drug-likeness (QED) is 0.147. The first-order valence-corrected chi connectivity index (χ1v) is 22.5. The van der Waals surface area contributed by atoms with Crippen LogP contribution in [0.2, 0.25) is 0 Å². The molecule has 0 saturated carbocycles. The number of unbranched alkanes of at least 4 members (excludes halogenated alkanes) is 2. The molecule has 2 unspecified atom stereocenters. The molecule has 6 rings (SSSR count). The molecule has 2 aliphatic carbocycles. The second-order valence-electron chi connectivity index (χ2n) is 11.1. The average Bonchev–Trinajstić information content (AvgIpc) is 3.57. The van der Waals surface area contributed by atoms with Gasteiger partial charge in [0, 0.05) is 0 Å². The van der Waals surface area contributed by atoms with E-state index >= 15 is 0 Å². The zero-order valence-electron chi connectivity index (χ0n) is 25.1. The largest absolute Gasteiger partial charge is 1.00 e. The van der Waals surface area contributed by atoms with E-state index in [1.165, 1.54) is 59.7 Å². The molecule has 0 amide bonds. The number of fused-ring (bicyclic) bond motifs is 2. The molecule has 4 aromatic rings. The van der Waals surface area contributed by atoms with Crippen molar-refractivity contribution >= 4 is 38.6 Å². The van der Waals surface area contributed by atoms with Gasteiger partial charge in [0.2, 0.25) is 0 Å². The van der Waals surface area contributed by atoms with Gasteiger partial charge in [0.05, 0.1) is 0 Å². The van der Waals surface area contributed by atoms with Gasteiger partial charge in [0.1, 0.15) is 0 Å². The minimum absolute atomic E-state index is 0. The second-order valence-corrected chi connectivity index (χ2v) is 21.2. The van der Waals surface area contributed by atoms with Crippen molar-refractivity contribution in [2.24, 2.45) is 0 Å². The van der Waals surface area contributed by atoms with Crippen molar-refractivity contribution in [3.63, 3.8) is 0 Å². The third kappa shape index (κ3) is 7.74. The van der Waals surface area contributed by atoms with Gasteiger partial charge in [-0.25, -0.2) is 0 Å². The first-order valence-electron chi connectivity index (χ1n) is 15.3. The minimum atomic E-state index is -1.30. The summed E-state index contributed by atoms with van der Waals surface area (Å²) in [5, 5.41) is 6.53. The minimum Gasteiger partial charge on any atom is -1.00 e. The van der Waals surface area contributed by atoms with Gasteiger partial charge in [-0.3, -0.25) is 0 Å². The van der Waals surface area contributed by atoms with E-state index in [-0.39, 0.29) is 32.7 Å². The van der Waals surface area contributed by atoms with E-state index < -0.39 is 30.8 Å². The standard InChI is InChI=1S/C21H16P.C17H24P.2ClH.Hf/c1-3-11-19(12-4-1)22(20-13-5-2-6-14-20)21-15-17-9-7-8-10-18(17)16-21;1-3-5-11-18(12-6-4-2)17-13-15-9-7-8-10-16(15)14-17;;;/h1-16H;7-10,13-14H,3-6,11-12H2,1-2H3;2*1H;/q;;;;+2/p-2. The summed E-state index contributed by atoms with van der Waals surface area (Å²) in [5.41, 5.74) is 6.25. The third-order valence-electron chi connectivity index (χ3n) is 8.36. The van der Waals surface area contributed by atoms with Crippen LogP contribution >= 0.6 is 15.8 Å². The van der Waals surface area contributed by atoms with Crippen LogP contribution in [-0.2, 0) is 22.9 Å². The summed E-state index contributed by atoms with van der Waals surface area (Å²) < 4.78 is 1.32. The van der Waals surface area contributed by atoms with Crippen molar-refractivity contribution in [2.75, 3.05) is 12.3 Å². The van der Waals surface area contributed by atoms with E-state index in [0.717, 1.165) is 0 Å². The molecule has 0 spiro atoms. The molecule has 220 valence electrons. The smallest absolute Gasteiger partial charge is 1.00 e. The Labute approximate surface area is 285 Å². The Kier molecular flexibility index (Phi) is 13.5. The predicted molar refractivity (Wildman–Crippen MR) is 180 cm³/mol. The molecule has 0 nitrogen and oxygen atoms in total. The maximum absolute atomic E-state index is 2.67. The first kappa shape index (κ1) is 34.5. The first-order chi connectivity index (χ1) is 20.3. The molecule has 0 bridgehead atoms. The fraction of sp³-hybridized carbons (Fsp3) is 0.263. The van der Waals surface area contributed by atoms with Gasteiger partial charge in [-0.2, -0.15) is 0 Å². The molecule has 43 heavy (non-hydrogen) atoms. The maximum Gasteiger partial charge on any atom is -1.00 e. The fourth-order valence-corrected chi connectivity index (χ4v) is 22.5. The molecule has 0 fully saturated rings. The van der Waals surface area contributed by atoms with Crippen molar-refractivity contribution < 1.29 is 47.7 Å². The SMILES string of the molecule is CCCCP(CCCC)C1=Cc2ccccc2[CH]1[Hf+2][CH]1C(P(c2ccccc2)c2ccccc2)=Cc2ccccc21.[Cl-].[Cl-]. The fourth-order valence-electron chi connectivity index (χ4n) is 6.27. The Hall–Kier alpha value is -1.33. The Morgan fingerprint density at radius 3 is 1.44 bits per heavy atom. The van der Waals surface area contributed by atoms with Crippen LogP contribution in [0.4, 0.5) is 0 Å². The van der Waals surface area contributed by atoms with Gasteiger partial charge in [0.15, 0.2) is 0 Å². The van der Waals surface area contributed by atoms with E-state index in [4.69, 9.17) is 0 Å².